The maximum Gasteiger partial charge on any atom is 0.270 e. The normalized spacial score (nSPS) is 25.9. The van der Waals surface area contributed by atoms with Crippen molar-refractivity contribution < 1.29 is 14.6 Å². The highest BCUT2D eigenvalue weighted by atomic mass is 16.5. The van der Waals surface area contributed by atoms with E-state index in [1.807, 2.05) is 11.8 Å². The molecule has 1 aromatic heterocycles. The highest BCUT2D eigenvalue weighted by Crippen LogP contribution is 2.51. The summed E-state index contributed by atoms with van der Waals surface area (Å²) in [6.45, 7) is 3.86. The van der Waals surface area contributed by atoms with Crippen LogP contribution < -0.4 is 0 Å². The predicted octanol–water partition coefficient (Wildman–Crippen LogP) is 1.29. The number of amides is 1. The van der Waals surface area contributed by atoms with Crippen molar-refractivity contribution in [2.75, 3.05) is 19.7 Å². The van der Waals surface area contributed by atoms with Gasteiger partial charge in [0.25, 0.3) is 5.91 Å². The number of likely N-dealkylation sites (tertiary alicyclic amines) is 1. The highest BCUT2D eigenvalue weighted by molar-refractivity contribution is 5.93. The molecule has 2 aliphatic rings. The molecule has 1 N–H and O–H groups in total. The van der Waals surface area contributed by atoms with Crippen LogP contribution in [0.1, 0.15) is 42.2 Å². The predicted molar refractivity (Wildman–Crippen MR) is 83.7 cm³/mol. The Kier molecular flexibility index (Phi) is 4.17. The first-order valence-corrected chi connectivity index (χ1v) is 8.17. The number of carbonyl (C=O) groups excluding carboxylic acids is 1. The van der Waals surface area contributed by atoms with Crippen molar-refractivity contribution in [3.63, 3.8) is 0 Å². The molecule has 1 aliphatic carbocycles. The van der Waals surface area contributed by atoms with Gasteiger partial charge in [-0.1, -0.05) is 0 Å². The van der Waals surface area contributed by atoms with Gasteiger partial charge in [-0.2, -0.15) is 5.26 Å². The molecule has 2 atom stereocenters. The van der Waals surface area contributed by atoms with Crippen LogP contribution in [0.3, 0.4) is 0 Å². The number of nitrogens with zero attached hydrogens (tertiary/aromatic N) is 3. The third kappa shape index (κ3) is 2.54. The van der Waals surface area contributed by atoms with Gasteiger partial charge in [0, 0.05) is 44.8 Å². The summed E-state index contributed by atoms with van der Waals surface area (Å²) in [6, 6.07) is 3.69. The molecular weight excluding hydrogens is 294 g/mol. The van der Waals surface area contributed by atoms with Gasteiger partial charge in [0.15, 0.2) is 0 Å². The lowest BCUT2D eigenvalue weighted by molar-refractivity contribution is -0.207. The number of rotatable bonds is 3. The second-order valence-electron chi connectivity index (χ2n) is 6.56. The van der Waals surface area contributed by atoms with E-state index >= 15 is 0 Å². The van der Waals surface area contributed by atoms with Crippen LogP contribution in [-0.4, -0.2) is 52.4 Å². The van der Waals surface area contributed by atoms with E-state index in [1.165, 1.54) is 0 Å². The average molecular weight is 317 g/mol. The smallest absolute Gasteiger partial charge is 0.270 e. The molecule has 6 heteroatoms. The first-order chi connectivity index (χ1) is 11.0. The number of nitriles is 1. The number of piperidine rings is 1. The summed E-state index contributed by atoms with van der Waals surface area (Å²) < 4.78 is 7.46. The van der Waals surface area contributed by atoms with Crippen molar-refractivity contribution in [2.45, 2.75) is 38.4 Å². The standard InChI is InChI=1S/C17H23N3O3/c1-3-23-15-9-14(21)17(15)4-6-20(7-5-17)16(22)13-8-12(10-18)11-19(13)2/h8,11,14-15,21H,3-7,9H2,1-2H3. The van der Waals surface area contributed by atoms with Gasteiger partial charge in [0.2, 0.25) is 0 Å². The van der Waals surface area contributed by atoms with Crippen molar-refractivity contribution in [1.29, 1.82) is 5.26 Å². The quantitative estimate of drug-likeness (QED) is 0.911. The van der Waals surface area contributed by atoms with Crippen molar-refractivity contribution in [2.24, 2.45) is 12.5 Å². The van der Waals surface area contributed by atoms with E-state index in [-0.39, 0.29) is 23.5 Å². The second-order valence-corrected chi connectivity index (χ2v) is 6.56. The Balaban J connectivity index is 1.68. The number of hydrogen-bond acceptors (Lipinski definition) is 4. The number of aryl methyl sites for hydroxylation is 1. The first kappa shape index (κ1) is 16.0. The second kappa shape index (κ2) is 5.99. The summed E-state index contributed by atoms with van der Waals surface area (Å²) in [4.78, 5) is 14.5. The Morgan fingerprint density at radius 1 is 1.52 bits per heavy atom. The fourth-order valence-electron chi connectivity index (χ4n) is 3.94. The average Bonchev–Trinajstić information content (AvgIpc) is 2.95. The molecule has 2 heterocycles. The maximum atomic E-state index is 12.7. The summed E-state index contributed by atoms with van der Waals surface area (Å²) in [5, 5.41) is 19.2. The van der Waals surface area contributed by atoms with E-state index in [1.54, 1.807) is 23.9 Å². The number of aliphatic hydroxyl groups excluding tert-OH is 1. The topological polar surface area (TPSA) is 78.5 Å². The van der Waals surface area contributed by atoms with Gasteiger partial charge in [0.05, 0.1) is 17.8 Å². The first-order valence-electron chi connectivity index (χ1n) is 8.17. The molecule has 1 spiro atoms. The van der Waals surface area contributed by atoms with Gasteiger partial charge in [-0.3, -0.25) is 4.79 Å². The van der Waals surface area contributed by atoms with Gasteiger partial charge in [-0.05, 0) is 25.8 Å². The molecule has 1 amide bonds. The summed E-state index contributed by atoms with van der Waals surface area (Å²) in [7, 11) is 1.78. The molecule has 1 aromatic rings. The fraction of sp³-hybridized carbons (Fsp3) is 0.647. The summed E-state index contributed by atoms with van der Waals surface area (Å²) in [6.07, 6.45) is 3.68. The molecule has 2 fully saturated rings. The summed E-state index contributed by atoms with van der Waals surface area (Å²) in [5.74, 6) is -0.0503. The zero-order valence-corrected chi connectivity index (χ0v) is 13.7. The van der Waals surface area contributed by atoms with Gasteiger partial charge in [-0.15, -0.1) is 0 Å². The number of aliphatic hydroxyl groups is 1. The van der Waals surface area contributed by atoms with E-state index in [4.69, 9.17) is 10.00 Å². The minimum absolute atomic E-state index is 0.0503. The molecular formula is C17H23N3O3. The van der Waals surface area contributed by atoms with Crippen molar-refractivity contribution in [3.05, 3.63) is 23.5 Å². The third-order valence-corrected chi connectivity index (χ3v) is 5.44. The highest BCUT2D eigenvalue weighted by Gasteiger charge is 2.56. The van der Waals surface area contributed by atoms with Gasteiger partial charge >= 0.3 is 0 Å². The third-order valence-electron chi connectivity index (χ3n) is 5.44. The molecule has 0 radical (unpaired) electrons. The Hall–Kier alpha value is -1.84. The zero-order valence-electron chi connectivity index (χ0n) is 13.7. The van der Waals surface area contributed by atoms with Crippen molar-refractivity contribution >= 4 is 5.91 Å². The van der Waals surface area contributed by atoms with Gasteiger partial charge in [0.1, 0.15) is 11.8 Å². The Labute approximate surface area is 136 Å². The number of hydrogen-bond donors (Lipinski definition) is 1. The van der Waals surface area contributed by atoms with Crippen LogP contribution in [0.25, 0.3) is 0 Å². The van der Waals surface area contributed by atoms with Crippen LogP contribution in [0, 0.1) is 16.7 Å². The van der Waals surface area contributed by atoms with E-state index in [2.05, 4.69) is 6.07 Å². The monoisotopic (exact) mass is 317 g/mol. The van der Waals surface area contributed by atoms with Crippen LogP contribution in [0.2, 0.25) is 0 Å². The lowest BCUT2D eigenvalue weighted by Crippen LogP contribution is -2.62. The molecule has 1 saturated carbocycles. The van der Waals surface area contributed by atoms with Crippen LogP contribution >= 0.6 is 0 Å². The molecule has 6 nitrogen and oxygen atoms in total. The van der Waals surface area contributed by atoms with E-state index in [0.29, 0.717) is 37.4 Å². The summed E-state index contributed by atoms with van der Waals surface area (Å²) >= 11 is 0. The largest absolute Gasteiger partial charge is 0.392 e. The van der Waals surface area contributed by atoms with E-state index in [0.717, 1.165) is 12.8 Å². The molecule has 1 aliphatic heterocycles. The summed E-state index contributed by atoms with van der Waals surface area (Å²) in [5.41, 5.74) is 0.849. The Morgan fingerprint density at radius 2 is 2.22 bits per heavy atom. The fourth-order valence-corrected chi connectivity index (χ4v) is 3.94. The number of ether oxygens (including phenoxy) is 1. The van der Waals surface area contributed by atoms with Crippen LogP contribution in [0.15, 0.2) is 12.3 Å². The van der Waals surface area contributed by atoms with Crippen molar-refractivity contribution in [3.8, 4) is 6.07 Å². The molecule has 23 heavy (non-hydrogen) atoms. The lowest BCUT2D eigenvalue weighted by Gasteiger charge is -2.56. The minimum atomic E-state index is -0.323. The lowest BCUT2D eigenvalue weighted by atomic mass is 9.58. The number of carbonyl (C=O) groups is 1. The molecule has 2 unspecified atom stereocenters. The van der Waals surface area contributed by atoms with E-state index in [9.17, 15) is 9.90 Å². The molecule has 124 valence electrons. The van der Waals surface area contributed by atoms with Crippen LogP contribution in [0.5, 0.6) is 0 Å². The zero-order chi connectivity index (χ0) is 16.6. The Bertz CT molecular complexity index is 636. The molecule has 3 rings (SSSR count). The number of aromatic nitrogens is 1. The Morgan fingerprint density at radius 3 is 2.74 bits per heavy atom. The maximum absolute atomic E-state index is 12.7. The molecule has 0 aromatic carbocycles. The van der Waals surface area contributed by atoms with Gasteiger partial charge in [-0.25, -0.2) is 0 Å². The van der Waals surface area contributed by atoms with E-state index < -0.39 is 0 Å². The SMILES string of the molecule is CCOC1CC(O)C12CCN(C(=O)c1cc(C#N)cn1C)CC2. The van der Waals surface area contributed by atoms with Crippen molar-refractivity contribution in [1.82, 2.24) is 9.47 Å². The van der Waals surface area contributed by atoms with Crippen LogP contribution in [0.4, 0.5) is 0 Å². The molecule has 0 bridgehead atoms. The minimum Gasteiger partial charge on any atom is -0.392 e. The molecule has 1 saturated heterocycles. The van der Waals surface area contributed by atoms with Crippen LogP contribution in [-0.2, 0) is 11.8 Å². The van der Waals surface area contributed by atoms with Gasteiger partial charge < -0.3 is 19.3 Å².